The summed E-state index contributed by atoms with van der Waals surface area (Å²) in [5.74, 6) is 2.32. The van der Waals surface area contributed by atoms with Crippen LogP contribution in [0.5, 0.6) is 11.5 Å². The minimum Gasteiger partial charge on any atom is -0.454 e. The molecular weight excluding hydrogens is 448 g/mol. The molecule has 2 aliphatic heterocycles. The van der Waals surface area contributed by atoms with E-state index in [-0.39, 0.29) is 22.8 Å². The minimum absolute atomic E-state index is 0.0660. The Hall–Kier alpha value is -2.23. The highest BCUT2D eigenvalue weighted by Gasteiger charge is 2.26. The first kappa shape index (κ1) is 22.9. The number of benzene rings is 2. The van der Waals surface area contributed by atoms with Gasteiger partial charge in [0.25, 0.3) is 5.91 Å². The summed E-state index contributed by atoms with van der Waals surface area (Å²) in [4.78, 5) is 15.1. The lowest BCUT2D eigenvalue weighted by Crippen LogP contribution is -2.33. The number of ether oxygens (including phenoxy) is 2. The molecule has 0 radical (unpaired) electrons. The molecule has 0 bridgehead atoms. The fourth-order valence-corrected chi connectivity index (χ4v) is 6.70. The summed E-state index contributed by atoms with van der Waals surface area (Å²) in [7, 11) is -3.53. The Morgan fingerprint density at radius 1 is 1.06 bits per heavy atom. The zero-order chi connectivity index (χ0) is 22.7. The van der Waals surface area contributed by atoms with Crippen LogP contribution < -0.4 is 9.47 Å². The maximum absolute atomic E-state index is 13.1. The molecule has 0 saturated carbocycles. The second kappa shape index (κ2) is 9.72. The van der Waals surface area contributed by atoms with Crippen LogP contribution >= 0.6 is 11.8 Å². The molecule has 0 N–H and O–H groups in total. The molecule has 1 atom stereocenters. The molecule has 9 heteroatoms. The smallest absolute Gasteiger partial charge is 0.253 e. The van der Waals surface area contributed by atoms with Crippen LogP contribution in [0.25, 0.3) is 0 Å². The van der Waals surface area contributed by atoms with E-state index in [0.717, 1.165) is 23.7 Å². The van der Waals surface area contributed by atoms with Gasteiger partial charge in [0.1, 0.15) is 0 Å². The lowest BCUT2D eigenvalue weighted by molar-refractivity contribution is 0.0766. The van der Waals surface area contributed by atoms with Gasteiger partial charge in [-0.05, 0) is 48.4 Å². The van der Waals surface area contributed by atoms with E-state index in [1.807, 2.05) is 42.6 Å². The van der Waals surface area contributed by atoms with Crippen LogP contribution in [0.4, 0.5) is 0 Å². The summed E-state index contributed by atoms with van der Waals surface area (Å²) in [6.45, 7) is 6.01. The zero-order valence-electron chi connectivity index (χ0n) is 18.3. The summed E-state index contributed by atoms with van der Waals surface area (Å²) < 4.78 is 37.7. The molecule has 1 unspecified atom stereocenters. The van der Waals surface area contributed by atoms with Gasteiger partial charge in [0.05, 0.1) is 4.90 Å². The first-order valence-corrected chi connectivity index (χ1v) is 13.3. The number of rotatable bonds is 6. The number of thioether (sulfide) groups is 1. The first-order valence-electron chi connectivity index (χ1n) is 10.8. The van der Waals surface area contributed by atoms with E-state index in [1.54, 1.807) is 12.1 Å². The van der Waals surface area contributed by atoms with Crippen LogP contribution in [0.1, 0.15) is 41.4 Å². The SMILES string of the molecule is CCN(CC)S(=O)(=O)c1ccc(C(=O)N2CCSC(c3ccc4c(c3)OCO4)CC2)cc1. The number of nitrogens with zero attached hydrogens (tertiary/aromatic N) is 2. The van der Waals surface area contributed by atoms with Crippen molar-refractivity contribution in [2.24, 2.45) is 0 Å². The first-order chi connectivity index (χ1) is 15.4. The Kier molecular flexibility index (Phi) is 6.97. The molecule has 2 aromatic carbocycles. The summed E-state index contributed by atoms with van der Waals surface area (Å²) in [6, 6.07) is 12.3. The van der Waals surface area contributed by atoms with Gasteiger partial charge in [-0.1, -0.05) is 19.9 Å². The van der Waals surface area contributed by atoms with Crippen LogP contribution in [-0.4, -0.2) is 62.3 Å². The van der Waals surface area contributed by atoms with Gasteiger partial charge in [-0.3, -0.25) is 4.79 Å². The lowest BCUT2D eigenvalue weighted by atomic mass is 10.1. The number of fused-ring (bicyclic) bond motifs is 1. The van der Waals surface area contributed by atoms with Crippen LogP contribution in [0.3, 0.4) is 0 Å². The van der Waals surface area contributed by atoms with Crippen molar-refractivity contribution in [2.45, 2.75) is 30.4 Å². The van der Waals surface area contributed by atoms with E-state index in [4.69, 9.17) is 9.47 Å². The Morgan fingerprint density at radius 3 is 2.50 bits per heavy atom. The molecule has 1 fully saturated rings. The van der Waals surface area contributed by atoms with Gasteiger partial charge in [0, 0.05) is 42.7 Å². The van der Waals surface area contributed by atoms with E-state index in [2.05, 4.69) is 6.07 Å². The normalized spacial score (nSPS) is 18.6. The average molecular weight is 477 g/mol. The van der Waals surface area contributed by atoms with E-state index in [1.165, 1.54) is 22.0 Å². The van der Waals surface area contributed by atoms with Crippen molar-refractivity contribution in [1.82, 2.24) is 9.21 Å². The number of amides is 1. The second-order valence-corrected chi connectivity index (χ2v) is 10.9. The van der Waals surface area contributed by atoms with Crippen molar-refractivity contribution in [3.05, 3.63) is 53.6 Å². The molecule has 1 amide bonds. The summed E-state index contributed by atoms with van der Waals surface area (Å²) in [5, 5.41) is 0.281. The molecule has 0 aliphatic carbocycles. The zero-order valence-corrected chi connectivity index (χ0v) is 20.0. The third kappa shape index (κ3) is 4.60. The highest BCUT2D eigenvalue weighted by Crippen LogP contribution is 2.40. The van der Waals surface area contributed by atoms with Gasteiger partial charge >= 0.3 is 0 Å². The molecule has 4 rings (SSSR count). The van der Waals surface area contributed by atoms with Gasteiger partial charge < -0.3 is 14.4 Å². The van der Waals surface area contributed by atoms with Crippen LogP contribution in [0.15, 0.2) is 47.4 Å². The van der Waals surface area contributed by atoms with Crippen LogP contribution in [-0.2, 0) is 10.0 Å². The van der Waals surface area contributed by atoms with Crippen molar-refractivity contribution >= 4 is 27.7 Å². The highest BCUT2D eigenvalue weighted by molar-refractivity contribution is 7.99. The molecule has 0 spiro atoms. The summed E-state index contributed by atoms with van der Waals surface area (Å²) >= 11 is 1.84. The molecule has 2 heterocycles. The van der Waals surface area contributed by atoms with Crippen molar-refractivity contribution in [2.75, 3.05) is 38.7 Å². The number of hydrogen-bond acceptors (Lipinski definition) is 6. The van der Waals surface area contributed by atoms with Crippen molar-refractivity contribution in [1.29, 1.82) is 0 Å². The van der Waals surface area contributed by atoms with Crippen LogP contribution in [0, 0.1) is 0 Å². The van der Waals surface area contributed by atoms with Gasteiger partial charge in [-0.25, -0.2) is 8.42 Å². The molecular formula is C23H28N2O5S2. The minimum atomic E-state index is -3.53. The molecule has 1 saturated heterocycles. The Bertz CT molecular complexity index is 1070. The monoisotopic (exact) mass is 476 g/mol. The average Bonchev–Trinajstić information content (AvgIpc) is 3.14. The number of carbonyl (C=O) groups is 1. The van der Waals surface area contributed by atoms with Gasteiger partial charge in [0.15, 0.2) is 11.5 Å². The maximum Gasteiger partial charge on any atom is 0.253 e. The fraction of sp³-hybridized carbons (Fsp3) is 0.435. The van der Waals surface area contributed by atoms with Crippen molar-refractivity contribution in [3.8, 4) is 11.5 Å². The fourth-order valence-electron chi connectivity index (χ4n) is 4.02. The quantitative estimate of drug-likeness (QED) is 0.632. The molecule has 32 heavy (non-hydrogen) atoms. The maximum atomic E-state index is 13.1. The summed E-state index contributed by atoms with van der Waals surface area (Å²) in [5.41, 5.74) is 1.69. The van der Waals surface area contributed by atoms with Crippen molar-refractivity contribution in [3.63, 3.8) is 0 Å². The second-order valence-electron chi connectivity index (χ2n) is 7.67. The Balaban J connectivity index is 1.43. The molecule has 172 valence electrons. The largest absolute Gasteiger partial charge is 0.454 e. The van der Waals surface area contributed by atoms with Gasteiger partial charge in [0.2, 0.25) is 16.8 Å². The number of carbonyl (C=O) groups excluding carboxylic acids is 1. The van der Waals surface area contributed by atoms with Gasteiger partial charge in [-0.2, -0.15) is 16.1 Å². The molecule has 2 aromatic rings. The topological polar surface area (TPSA) is 76.2 Å². The van der Waals surface area contributed by atoms with Crippen molar-refractivity contribution < 1.29 is 22.7 Å². The number of hydrogen-bond donors (Lipinski definition) is 0. The van der Waals surface area contributed by atoms with E-state index in [9.17, 15) is 13.2 Å². The van der Waals surface area contributed by atoms with Gasteiger partial charge in [-0.15, -0.1) is 0 Å². The standard InChI is InChI=1S/C23H28N2O5S2/c1-3-25(4-2)32(27,28)19-8-5-17(6-9-19)23(26)24-12-11-22(31-14-13-24)18-7-10-20-21(15-18)30-16-29-20/h5-10,15,22H,3-4,11-14,16H2,1-2H3. The van der Waals surface area contributed by atoms with E-state index < -0.39 is 10.0 Å². The lowest BCUT2D eigenvalue weighted by Gasteiger charge is -2.21. The highest BCUT2D eigenvalue weighted by atomic mass is 32.2. The predicted molar refractivity (Wildman–Crippen MR) is 125 cm³/mol. The van der Waals surface area contributed by atoms with Crippen LogP contribution in [0.2, 0.25) is 0 Å². The Labute approximate surface area is 193 Å². The molecule has 0 aromatic heterocycles. The third-order valence-electron chi connectivity index (χ3n) is 5.84. The Morgan fingerprint density at radius 2 is 1.78 bits per heavy atom. The molecule has 2 aliphatic rings. The molecule has 7 nitrogen and oxygen atoms in total. The third-order valence-corrected chi connectivity index (χ3v) is 9.23. The predicted octanol–water partition coefficient (Wildman–Crippen LogP) is 3.77. The summed E-state index contributed by atoms with van der Waals surface area (Å²) in [6.07, 6.45) is 0.838. The van der Waals surface area contributed by atoms with E-state index in [0.29, 0.717) is 31.7 Å². The number of sulfonamides is 1. The van der Waals surface area contributed by atoms with E-state index >= 15 is 0 Å².